The van der Waals surface area contributed by atoms with Crippen molar-refractivity contribution in [3.8, 4) is 16.9 Å². The van der Waals surface area contributed by atoms with Gasteiger partial charge in [-0.05, 0) is 66.4 Å². The van der Waals surface area contributed by atoms with Crippen molar-refractivity contribution in [2.45, 2.75) is 12.8 Å². The number of carbonyl (C=O) groups excluding carboxylic acids is 2. The molecular weight excluding hydrogens is 474 g/mol. The Bertz CT molecular complexity index is 1430. The molecule has 1 heterocycles. The minimum atomic E-state index is -0.202. The maximum absolute atomic E-state index is 13.4. The number of rotatable bonds is 7. The number of hydrogen-bond donors (Lipinski definition) is 1. The first kappa shape index (κ1) is 25.1. The average molecular weight is 506 g/mol. The lowest BCUT2D eigenvalue weighted by Crippen LogP contribution is -2.29. The van der Waals surface area contributed by atoms with E-state index in [1.54, 1.807) is 43.3 Å². The Morgan fingerprint density at radius 1 is 0.842 bits per heavy atom. The van der Waals surface area contributed by atoms with E-state index in [4.69, 9.17) is 4.74 Å². The van der Waals surface area contributed by atoms with E-state index in [1.165, 1.54) is 0 Å². The van der Waals surface area contributed by atoms with Crippen molar-refractivity contribution in [1.29, 1.82) is 0 Å². The maximum atomic E-state index is 13.4. The van der Waals surface area contributed by atoms with Gasteiger partial charge < -0.3 is 19.9 Å². The Labute approximate surface area is 223 Å². The SMILES string of the molecule is COc1ccc(N2CCCC2)c(N(C)C(=O)c2ccc(NC(=O)c3ccccc3-c3ccccc3)cc2)c1. The normalized spacial score (nSPS) is 12.7. The summed E-state index contributed by atoms with van der Waals surface area (Å²) in [4.78, 5) is 30.6. The highest BCUT2D eigenvalue weighted by atomic mass is 16.5. The molecule has 2 amide bonds. The predicted molar refractivity (Wildman–Crippen MR) is 153 cm³/mol. The van der Waals surface area contributed by atoms with Crippen molar-refractivity contribution in [2.24, 2.45) is 0 Å². The molecule has 0 bridgehead atoms. The number of hydrogen-bond acceptors (Lipinski definition) is 4. The van der Waals surface area contributed by atoms with Crippen molar-refractivity contribution >= 4 is 28.9 Å². The largest absolute Gasteiger partial charge is 0.497 e. The number of anilines is 3. The number of methoxy groups -OCH3 is 1. The van der Waals surface area contributed by atoms with Crippen LogP contribution in [0.15, 0.2) is 97.1 Å². The van der Waals surface area contributed by atoms with Gasteiger partial charge in [0, 0.05) is 43.0 Å². The molecule has 0 unspecified atom stereocenters. The molecule has 5 rings (SSSR count). The van der Waals surface area contributed by atoms with Crippen LogP contribution in [0.5, 0.6) is 5.75 Å². The molecule has 1 aliphatic rings. The monoisotopic (exact) mass is 505 g/mol. The van der Waals surface area contributed by atoms with Crippen molar-refractivity contribution in [3.05, 3.63) is 108 Å². The molecule has 0 atom stereocenters. The molecule has 192 valence electrons. The minimum absolute atomic E-state index is 0.133. The third-order valence-electron chi connectivity index (χ3n) is 6.94. The molecule has 1 N–H and O–H groups in total. The lowest BCUT2D eigenvalue weighted by atomic mass is 9.99. The molecule has 38 heavy (non-hydrogen) atoms. The van der Waals surface area contributed by atoms with Gasteiger partial charge in [-0.2, -0.15) is 0 Å². The van der Waals surface area contributed by atoms with Gasteiger partial charge >= 0.3 is 0 Å². The van der Waals surface area contributed by atoms with Crippen LogP contribution in [0.25, 0.3) is 11.1 Å². The zero-order valence-corrected chi connectivity index (χ0v) is 21.7. The van der Waals surface area contributed by atoms with Crippen LogP contribution in [0.2, 0.25) is 0 Å². The van der Waals surface area contributed by atoms with Gasteiger partial charge in [-0.3, -0.25) is 9.59 Å². The summed E-state index contributed by atoms with van der Waals surface area (Å²) in [6.07, 6.45) is 2.29. The summed E-state index contributed by atoms with van der Waals surface area (Å²) in [6, 6.07) is 30.2. The summed E-state index contributed by atoms with van der Waals surface area (Å²) in [5.74, 6) is 0.370. The topological polar surface area (TPSA) is 61.9 Å². The fourth-order valence-corrected chi connectivity index (χ4v) is 4.87. The minimum Gasteiger partial charge on any atom is -0.497 e. The Morgan fingerprint density at radius 2 is 1.53 bits per heavy atom. The second-order valence-electron chi connectivity index (χ2n) is 9.36. The number of carbonyl (C=O) groups is 2. The molecule has 0 saturated carbocycles. The van der Waals surface area contributed by atoms with Gasteiger partial charge in [-0.25, -0.2) is 0 Å². The number of amides is 2. The highest BCUT2D eigenvalue weighted by Gasteiger charge is 2.22. The van der Waals surface area contributed by atoms with Crippen LogP contribution >= 0.6 is 0 Å². The number of benzene rings is 4. The van der Waals surface area contributed by atoms with Crippen molar-refractivity contribution < 1.29 is 14.3 Å². The summed E-state index contributed by atoms with van der Waals surface area (Å²) < 4.78 is 5.44. The van der Waals surface area contributed by atoms with E-state index >= 15 is 0 Å². The fraction of sp³-hybridized carbons (Fsp3) is 0.188. The van der Waals surface area contributed by atoms with E-state index in [2.05, 4.69) is 10.2 Å². The molecule has 4 aromatic carbocycles. The molecule has 6 nitrogen and oxygen atoms in total. The first-order valence-corrected chi connectivity index (χ1v) is 12.8. The lowest BCUT2D eigenvalue weighted by molar-refractivity contribution is 0.0991. The lowest BCUT2D eigenvalue weighted by Gasteiger charge is -2.27. The van der Waals surface area contributed by atoms with Gasteiger partial charge in [0.05, 0.1) is 18.5 Å². The molecule has 0 aliphatic carbocycles. The van der Waals surface area contributed by atoms with Crippen LogP contribution in [0, 0.1) is 0 Å². The van der Waals surface area contributed by atoms with Crippen LogP contribution in [-0.2, 0) is 0 Å². The maximum Gasteiger partial charge on any atom is 0.258 e. The first-order chi connectivity index (χ1) is 18.5. The zero-order chi connectivity index (χ0) is 26.5. The van der Waals surface area contributed by atoms with Crippen LogP contribution in [0.3, 0.4) is 0 Å². The quantitative estimate of drug-likeness (QED) is 0.312. The van der Waals surface area contributed by atoms with Gasteiger partial charge in [0.1, 0.15) is 5.75 Å². The molecule has 1 fully saturated rings. The van der Waals surface area contributed by atoms with Crippen molar-refractivity contribution in [1.82, 2.24) is 0 Å². The van der Waals surface area contributed by atoms with E-state index in [1.807, 2.05) is 72.8 Å². The van der Waals surface area contributed by atoms with Gasteiger partial charge in [-0.1, -0.05) is 48.5 Å². The van der Waals surface area contributed by atoms with E-state index in [-0.39, 0.29) is 11.8 Å². The second-order valence-corrected chi connectivity index (χ2v) is 9.36. The zero-order valence-electron chi connectivity index (χ0n) is 21.7. The van der Waals surface area contributed by atoms with Crippen LogP contribution < -0.4 is 19.9 Å². The summed E-state index contributed by atoms with van der Waals surface area (Å²) in [7, 11) is 3.41. The molecular formula is C32H31N3O3. The van der Waals surface area contributed by atoms with Gasteiger partial charge in [0.2, 0.25) is 0 Å². The van der Waals surface area contributed by atoms with Crippen LogP contribution in [0.1, 0.15) is 33.6 Å². The van der Waals surface area contributed by atoms with Crippen molar-refractivity contribution in [3.63, 3.8) is 0 Å². The summed E-state index contributed by atoms with van der Waals surface area (Å²) in [5, 5.41) is 2.97. The molecule has 0 spiro atoms. The van der Waals surface area contributed by atoms with E-state index in [0.29, 0.717) is 22.6 Å². The molecule has 1 saturated heterocycles. The Balaban J connectivity index is 1.34. The van der Waals surface area contributed by atoms with Gasteiger partial charge in [0.15, 0.2) is 0 Å². The molecule has 0 radical (unpaired) electrons. The van der Waals surface area contributed by atoms with Gasteiger partial charge in [-0.15, -0.1) is 0 Å². The summed E-state index contributed by atoms with van der Waals surface area (Å²) in [5.41, 5.74) is 5.43. The number of nitrogens with one attached hydrogen (secondary N) is 1. The highest BCUT2D eigenvalue weighted by molar-refractivity contribution is 6.10. The summed E-state index contributed by atoms with van der Waals surface area (Å²) in [6.45, 7) is 1.95. The number of nitrogens with zero attached hydrogens (tertiary/aromatic N) is 2. The average Bonchev–Trinajstić information content (AvgIpc) is 3.52. The third kappa shape index (κ3) is 5.25. The highest BCUT2D eigenvalue weighted by Crippen LogP contribution is 2.35. The Kier molecular flexibility index (Phi) is 7.40. The van der Waals surface area contributed by atoms with Crippen LogP contribution in [-0.4, -0.2) is 39.1 Å². The first-order valence-electron chi connectivity index (χ1n) is 12.8. The van der Waals surface area contributed by atoms with E-state index in [0.717, 1.165) is 48.4 Å². The second kappa shape index (κ2) is 11.2. The molecule has 1 aliphatic heterocycles. The number of ether oxygens (including phenoxy) is 1. The molecule has 0 aromatic heterocycles. The summed E-state index contributed by atoms with van der Waals surface area (Å²) >= 11 is 0. The van der Waals surface area contributed by atoms with E-state index < -0.39 is 0 Å². The third-order valence-corrected chi connectivity index (χ3v) is 6.94. The Hall–Kier alpha value is -4.58. The molecule has 6 heteroatoms. The smallest absolute Gasteiger partial charge is 0.258 e. The van der Waals surface area contributed by atoms with Crippen molar-refractivity contribution in [2.75, 3.05) is 42.4 Å². The predicted octanol–water partition coefficient (Wildman–Crippen LogP) is 6.49. The standard InChI is InChI=1S/C32H31N3O3/c1-34(30-22-26(38-2)18-19-29(30)35-20-8-9-21-35)32(37)24-14-16-25(17-15-24)33-31(36)28-13-7-6-12-27(28)23-10-4-3-5-11-23/h3-7,10-19,22H,8-9,20-21H2,1-2H3,(H,33,36). The molecule has 4 aromatic rings. The Morgan fingerprint density at radius 3 is 2.24 bits per heavy atom. The van der Waals surface area contributed by atoms with Crippen LogP contribution in [0.4, 0.5) is 17.1 Å². The van der Waals surface area contributed by atoms with E-state index in [9.17, 15) is 9.59 Å². The fourth-order valence-electron chi connectivity index (χ4n) is 4.87. The van der Waals surface area contributed by atoms with Gasteiger partial charge in [0.25, 0.3) is 11.8 Å².